The second-order valence-corrected chi connectivity index (χ2v) is 6.02. The molecule has 130 valence electrons. The van der Waals surface area contributed by atoms with Crippen LogP contribution in [0.3, 0.4) is 0 Å². The highest BCUT2D eigenvalue weighted by atomic mass is 16.5. The molecule has 23 heavy (non-hydrogen) atoms. The highest BCUT2D eigenvalue weighted by Gasteiger charge is 2.10. The molecule has 0 aliphatic carbocycles. The lowest BCUT2D eigenvalue weighted by molar-refractivity contribution is 0.0490. The molecule has 1 rings (SSSR count). The summed E-state index contributed by atoms with van der Waals surface area (Å²) in [7, 11) is 0. The maximum Gasteiger partial charge on any atom is 0.338 e. The molecular weight excluding hydrogens is 292 g/mol. The van der Waals surface area contributed by atoms with Gasteiger partial charge in [-0.3, -0.25) is 0 Å². The van der Waals surface area contributed by atoms with E-state index in [4.69, 9.17) is 4.74 Å². The highest BCUT2D eigenvalue weighted by Crippen LogP contribution is 2.12. The van der Waals surface area contributed by atoms with Gasteiger partial charge in [0, 0.05) is 0 Å². The average molecular weight is 322 g/mol. The summed E-state index contributed by atoms with van der Waals surface area (Å²) >= 11 is 0. The van der Waals surface area contributed by atoms with Crippen molar-refractivity contribution in [3.05, 3.63) is 35.9 Å². The molecule has 1 aromatic carbocycles. The first-order valence-electron chi connectivity index (χ1n) is 8.71. The largest absolute Gasteiger partial charge is 0.462 e. The van der Waals surface area contributed by atoms with Crippen LogP contribution < -0.4 is 0 Å². The van der Waals surface area contributed by atoms with Crippen LogP contribution in [0.15, 0.2) is 30.3 Å². The number of esters is 1. The van der Waals surface area contributed by atoms with Crippen molar-refractivity contribution in [1.82, 2.24) is 0 Å². The Balaban J connectivity index is 2.03. The normalized spacial score (nSPS) is 13.5. The minimum atomic E-state index is -0.379. The summed E-state index contributed by atoms with van der Waals surface area (Å²) in [6, 6.07) is 8.94. The Kier molecular flexibility index (Phi) is 10.3. The fraction of sp³-hybridized carbons (Fsp3) is 0.632. The van der Waals surface area contributed by atoms with Crippen LogP contribution in [0.1, 0.15) is 68.6 Å². The number of carbonyl (C=O) groups is 1. The predicted molar refractivity (Wildman–Crippen MR) is 91.3 cm³/mol. The van der Waals surface area contributed by atoms with Crippen LogP contribution in [0.2, 0.25) is 0 Å². The van der Waals surface area contributed by atoms with Crippen molar-refractivity contribution in [3.63, 3.8) is 0 Å². The Labute approximate surface area is 139 Å². The van der Waals surface area contributed by atoms with E-state index >= 15 is 0 Å². The van der Waals surface area contributed by atoms with Crippen molar-refractivity contribution in [2.24, 2.45) is 0 Å². The third kappa shape index (κ3) is 9.36. The van der Waals surface area contributed by atoms with Crippen molar-refractivity contribution in [2.45, 2.75) is 70.5 Å². The van der Waals surface area contributed by atoms with E-state index in [0.717, 1.165) is 32.1 Å². The second-order valence-electron chi connectivity index (χ2n) is 6.02. The van der Waals surface area contributed by atoms with Gasteiger partial charge in [0.15, 0.2) is 0 Å². The minimum Gasteiger partial charge on any atom is -0.462 e. The maximum absolute atomic E-state index is 11.7. The molecule has 2 N–H and O–H groups in total. The fourth-order valence-corrected chi connectivity index (χ4v) is 2.42. The predicted octanol–water partition coefficient (Wildman–Crippen LogP) is 3.71. The molecule has 0 aromatic heterocycles. The lowest BCUT2D eigenvalue weighted by Gasteiger charge is -2.14. The van der Waals surface area contributed by atoms with Crippen LogP contribution >= 0.6 is 0 Å². The monoisotopic (exact) mass is 322 g/mol. The number of unbranched alkanes of at least 4 members (excludes halogenated alkanes) is 2. The van der Waals surface area contributed by atoms with Crippen molar-refractivity contribution in [3.8, 4) is 0 Å². The molecule has 0 amide bonds. The van der Waals surface area contributed by atoms with Gasteiger partial charge in [-0.1, -0.05) is 38.0 Å². The SMILES string of the molecule is CCCC[C@@H](O)CC[C@H](O)CCCCOC(=O)c1ccccc1. The number of hydrogen-bond donors (Lipinski definition) is 2. The zero-order valence-corrected chi connectivity index (χ0v) is 14.1. The molecule has 0 heterocycles. The first-order valence-corrected chi connectivity index (χ1v) is 8.71. The second kappa shape index (κ2) is 12.1. The Bertz CT molecular complexity index is 419. The third-order valence-electron chi connectivity index (χ3n) is 3.90. The van der Waals surface area contributed by atoms with Gasteiger partial charge in [0.2, 0.25) is 0 Å². The van der Waals surface area contributed by atoms with Crippen LogP contribution in [0.25, 0.3) is 0 Å². The van der Waals surface area contributed by atoms with Crippen molar-refractivity contribution < 1.29 is 19.7 Å². The molecule has 0 radical (unpaired) electrons. The number of carbonyl (C=O) groups excluding carboxylic acids is 1. The van der Waals surface area contributed by atoms with Gasteiger partial charge < -0.3 is 14.9 Å². The summed E-state index contributed by atoms with van der Waals surface area (Å²) in [6.07, 6.45) is 5.79. The summed E-state index contributed by atoms with van der Waals surface area (Å²) in [4.78, 5) is 11.7. The zero-order valence-electron chi connectivity index (χ0n) is 14.1. The zero-order chi connectivity index (χ0) is 16.9. The molecule has 4 heteroatoms. The molecule has 0 saturated carbocycles. The highest BCUT2D eigenvalue weighted by molar-refractivity contribution is 5.89. The van der Waals surface area contributed by atoms with Gasteiger partial charge in [0.1, 0.15) is 0 Å². The number of benzene rings is 1. The van der Waals surface area contributed by atoms with Crippen molar-refractivity contribution in [1.29, 1.82) is 0 Å². The van der Waals surface area contributed by atoms with Crippen LogP contribution in [0.5, 0.6) is 0 Å². The van der Waals surface area contributed by atoms with Crippen LogP contribution in [-0.4, -0.2) is 35.0 Å². The fourth-order valence-electron chi connectivity index (χ4n) is 2.42. The van der Waals surface area contributed by atoms with E-state index in [1.54, 1.807) is 12.1 Å². The molecule has 2 atom stereocenters. The van der Waals surface area contributed by atoms with E-state index in [2.05, 4.69) is 6.92 Å². The van der Waals surface area contributed by atoms with Gasteiger partial charge in [0.25, 0.3) is 0 Å². The summed E-state index contributed by atoms with van der Waals surface area (Å²) in [5.74, 6) is -0.301. The van der Waals surface area contributed by atoms with Crippen molar-refractivity contribution >= 4 is 5.97 Å². The standard InChI is InChI=1S/C19H30O4/c1-2-3-11-17(20)13-14-18(21)12-7-8-15-23-19(22)16-9-5-4-6-10-16/h4-6,9-10,17-18,20-21H,2-3,7-8,11-15H2,1H3/t17-,18-/m1/s1. The first-order chi connectivity index (χ1) is 11.1. The van der Waals surface area contributed by atoms with E-state index in [-0.39, 0.29) is 18.2 Å². The van der Waals surface area contributed by atoms with E-state index < -0.39 is 0 Å². The Hall–Kier alpha value is -1.39. The quantitative estimate of drug-likeness (QED) is 0.455. The van der Waals surface area contributed by atoms with E-state index in [1.165, 1.54) is 0 Å². The smallest absolute Gasteiger partial charge is 0.338 e. The molecule has 1 aromatic rings. The van der Waals surface area contributed by atoms with Gasteiger partial charge in [-0.25, -0.2) is 4.79 Å². The number of rotatable bonds is 12. The summed E-state index contributed by atoms with van der Waals surface area (Å²) < 4.78 is 5.19. The minimum absolute atomic E-state index is 0.295. The van der Waals surface area contributed by atoms with Crippen LogP contribution in [0, 0.1) is 0 Å². The number of aliphatic hydroxyl groups is 2. The van der Waals surface area contributed by atoms with Gasteiger partial charge in [-0.05, 0) is 50.7 Å². The molecule has 0 saturated heterocycles. The molecule has 0 aliphatic heterocycles. The molecule has 0 spiro atoms. The molecule has 0 bridgehead atoms. The maximum atomic E-state index is 11.7. The molecule has 4 nitrogen and oxygen atoms in total. The van der Waals surface area contributed by atoms with E-state index in [0.29, 0.717) is 31.4 Å². The summed E-state index contributed by atoms with van der Waals surface area (Å²) in [6.45, 7) is 2.48. The van der Waals surface area contributed by atoms with Gasteiger partial charge in [-0.2, -0.15) is 0 Å². The molecule has 0 unspecified atom stereocenters. The first kappa shape index (κ1) is 19.7. The lowest BCUT2D eigenvalue weighted by Crippen LogP contribution is -2.13. The van der Waals surface area contributed by atoms with Gasteiger partial charge in [0.05, 0.1) is 24.4 Å². The van der Waals surface area contributed by atoms with E-state index in [1.807, 2.05) is 18.2 Å². The van der Waals surface area contributed by atoms with Crippen molar-refractivity contribution in [2.75, 3.05) is 6.61 Å². The Morgan fingerprint density at radius 2 is 1.57 bits per heavy atom. The third-order valence-corrected chi connectivity index (χ3v) is 3.90. The summed E-state index contributed by atoms with van der Waals surface area (Å²) in [5, 5.41) is 19.6. The summed E-state index contributed by atoms with van der Waals surface area (Å²) in [5.41, 5.74) is 0.564. The molecular formula is C19H30O4. The number of aliphatic hydroxyl groups excluding tert-OH is 2. The topological polar surface area (TPSA) is 66.8 Å². The number of hydrogen-bond acceptors (Lipinski definition) is 4. The lowest BCUT2D eigenvalue weighted by atomic mass is 10.0. The van der Waals surface area contributed by atoms with Crippen LogP contribution in [-0.2, 0) is 4.74 Å². The molecule has 0 fully saturated rings. The van der Waals surface area contributed by atoms with Gasteiger partial charge >= 0.3 is 5.97 Å². The number of ether oxygens (including phenoxy) is 1. The molecule has 0 aliphatic rings. The van der Waals surface area contributed by atoms with Crippen LogP contribution in [0.4, 0.5) is 0 Å². The average Bonchev–Trinajstić information content (AvgIpc) is 2.58. The van der Waals surface area contributed by atoms with Gasteiger partial charge in [-0.15, -0.1) is 0 Å². The Morgan fingerprint density at radius 1 is 0.957 bits per heavy atom. The van der Waals surface area contributed by atoms with E-state index in [9.17, 15) is 15.0 Å². The Morgan fingerprint density at radius 3 is 2.17 bits per heavy atom.